The standard InChI is InChI=1S/C10H21N/c1-5-9(3)7-11-8-10(4)6-2/h7,9-10H,5-6,8H2,1-4H3/t9-,10-/m1/s1. The fourth-order valence-corrected chi connectivity index (χ4v) is 0.655. The van der Waals surface area contributed by atoms with Crippen LogP contribution in [0.4, 0.5) is 0 Å². The Morgan fingerprint density at radius 3 is 2.27 bits per heavy atom. The lowest BCUT2D eigenvalue weighted by molar-refractivity contribution is 0.575. The lowest BCUT2D eigenvalue weighted by Gasteiger charge is -2.03. The van der Waals surface area contributed by atoms with Crippen LogP contribution in [0.25, 0.3) is 0 Å². The third-order valence-electron chi connectivity index (χ3n) is 2.12. The molecule has 0 fully saturated rings. The summed E-state index contributed by atoms with van der Waals surface area (Å²) in [5.74, 6) is 1.40. The Hall–Kier alpha value is -0.330. The molecule has 0 aliphatic carbocycles. The predicted molar refractivity (Wildman–Crippen MR) is 52.3 cm³/mol. The van der Waals surface area contributed by atoms with Crippen LogP contribution in [0.3, 0.4) is 0 Å². The van der Waals surface area contributed by atoms with Gasteiger partial charge in [-0.3, -0.25) is 4.99 Å². The van der Waals surface area contributed by atoms with Crippen LogP contribution in [0.2, 0.25) is 0 Å². The van der Waals surface area contributed by atoms with E-state index in [0.717, 1.165) is 12.5 Å². The molecule has 11 heavy (non-hydrogen) atoms. The minimum Gasteiger partial charge on any atom is -0.297 e. The van der Waals surface area contributed by atoms with Gasteiger partial charge in [0, 0.05) is 12.8 Å². The predicted octanol–water partition coefficient (Wildman–Crippen LogP) is 3.15. The maximum absolute atomic E-state index is 4.39. The highest BCUT2D eigenvalue weighted by Crippen LogP contribution is 2.01. The molecule has 0 spiro atoms. The van der Waals surface area contributed by atoms with E-state index in [1.807, 2.05) is 0 Å². The summed E-state index contributed by atoms with van der Waals surface area (Å²) in [6.45, 7) is 9.86. The maximum atomic E-state index is 4.39. The van der Waals surface area contributed by atoms with Crippen molar-refractivity contribution in [3.05, 3.63) is 0 Å². The fraction of sp³-hybridized carbons (Fsp3) is 0.900. The van der Waals surface area contributed by atoms with Gasteiger partial charge in [0.05, 0.1) is 0 Å². The molecule has 0 bridgehead atoms. The third kappa shape index (κ3) is 6.08. The van der Waals surface area contributed by atoms with Crippen molar-refractivity contribution in [1.29, 1.82) is 0 Å². The van der Waals surface area contributed by atoms with E-state index in [1.54, 1.807) is 0 Å². The molecule has 1 heteroatoms. The van der Waals surface area contributed by atoms with E-state index < -0.39 is 0 Å². The molecule has 0 amide bonds. The van der Waals surface area contributed by atoms with E-state index in [-0.39, 0.29) is 0 Å². The van der Waals surface area contributed by atoms with Crippen molar-refractivity contribution < 1.29 is 0 Å². The minimum atomic E-state index is 0.652. The monoisotopic (exact) mass is 155 g/mol. The van der Waals surface area contributed by atoms with Crippen molar-refractivity contribution in [2.24, 2.45) is 16.8 Å². The van der Waals surface area contributed by atoms with E-state index in [4.69, 9.17) is 0 Å². The summed E-state index contributed by atoms with van der Waals surface area (Å²) in [7, 11) is 0. The third-order valence-corrected chi connectivity index (χ3v) is 2.12. The molecule has 0 unspecified atom stereocenters. The molecule has 66 valence electrons. The van der Waals surface area contributed by atoms with E-state index >= 15 is 0 Å². The SMILES string of the molecule is CC[C@@H](C)CN=C[C@H](C)CC. The van der Waals surface area contributed by atoms with Gasteiger partial charge in [-0.15, -0.1) is 0 Å². The molecule has 2 atom stereocenters. The Morgan fingerprint density at radius 2 is 1.82 bits per heavy atom. The number of hydrogen-bond donors (Lipinski definition) is 0. The smallest absolute Gasteiger partial charge is 0.0411 e. The minimum absolute atomic E-state index is 0.652. The Labute approximate surface area is 70.9 Å². The van der Waals surface area contributed by atoms with Gasteiger partial charge in [-0.1, -0.05) is 34.1 Å². The van der Waals surface area contributed by atoms with Crippen molar-refractivity contribution in [1.82, 2.24) is 0 Å². The lowest BCUT2D eigenvalue weighted by atomic mass is 10.1. The molecule has 0 saturated carbocycles. The molecule has 0 aliphatic rings. The Balaban J connectivity index is 3.43. The molecule has 0 aromatic carbocycles. The Kier molecular flexibility index (Phi) is 6.19. The molecular weight excluding hydrogens is 134 g/mol. The molecule has 0 N–H and O–H groups in total. The van der Waals surface area contributed by atoms with Crippen LogP contribution in [0.5, 0.6) is 0 Å². The Bertz CT molecular complexity index is 107. The topological polar surface area (TPSA) is 12.4 Å². The zero-order chi connectivity index (χ0) is 8.69. The van der Waals surface area contributed by atoms with Crippen LogP contribution in [0.1, 0.15) is 40.5 Å². The highest BCUT2D eigenvalue weighted by atomic mass is 14.7. The summed E-state index contributed by atoms with van der Waals surface area (Å²) in [5.41, 5.74) is 0. The quantitative estimate of drug-likeness (QED) is 0.541. The number of hydrogen-bond acceptors (Lipinski definition) is 1. The summed E-state index contributed by atoms with van der Waals surface area (Å²) in [4.78, 5) is 4.39. The van der Waals surface area contributed by atoms with Crippen LogP contribution in [0.15, 0.2) is 4.99 Å². The molecule has 0 aromatic rings. The summed E-state index contributed by atoms with van der Waals surface area (Å²) >= 11 is 0. The second kappa shape index (κ2) is 6.38. The Morgan fingerprint density at radius 1 is 1.18 bits per heavy atom. The molecule has 0 rings (SSSR count). The van der Waals surface area contributed by atoms with E-state index in [0.29, 0.717) is 5.92 Å². The number of nitrogens with zero attached hydrogens (tertiary/aromatic N) is 1. The number of aliphatic imine (C=N–C) groups is 1. The summed E-state index contributed by atoms with van der Waals surface area (Å²) in [5, 5.41) is 0. The summed E-state index contributed by atoms with van der Waals surface area (Å²) in [6, 6.07) is 0. The number of rotatable bonds is 5. The molecule has 0 aliphatic heterocycles. The average Bonchev–Trinajstić information content (AvgIpc) is 2.04. The molecule has 0 heterocycles. The van der Waals surface area contributed by atoms with Gasteiger partial charge in [0.1, 0.15) is 0 Å². The van der Waals surface area contributed by atoms with Gasteiger partial charge in [-0.2, -0.15) is 0 Å². The van der Waals surface area contributed by atoms with E-state index in [9.17, 15) is 0 Å². The van der Waals surface area contributed by atoms with Crippen LogP contribution in [-0.2, 0) is 0 Å². The van der Waals surface area contributed by atoms with Crippen molar-refractivity contribution in [3.8, 4) is 0 Å². The van der Waals surface area contributed by atoms with Crippen LogP contribution < -0.4 is 0 Å². The van der Waals surface area contributed by atoms with E-state index in [2.05, 4.69) is 38.9 Å². The van der Waals surface area contributed by atoms with Gasteiger partial charge >= 0.3 is 0 Å². The van der Waals surface area contributed by atoms with E-state index in [1.165, 1.54) is 12.8 Å². The summed E-state index contributed by atoms with van der Waals surface area (Å²) < 4.78 is 0. The fourth-order valence-electron chi connectivity index (χ4n) is 0.655. The molecule has 0 radical (unpaired) electrons. The van der Waals surface area contributed by atoms with Gasteiger partial charge < -0.3 is 0 Å². The maximum Gasteiger partial charge on any atom is 0.0411 e. The van der Waals surface area contributed by atoms with Gasteiger partial charge in [-0.25, -0.2) is 0 Å². The highest BCUT2D eigenvalue weighted by Gasteiger charge is 1.95. The van der Waals surface area contributed by atoms with Gasteiger partial charge in [-0.05, 0) is 18.3 Å². The second-order valence-electron chi connectivity index (χ2n) is 3.41. The van der Waals surface area contributed by atoms with Gasteiger partial charge in [0.15, 0.2) is 0 Å². The first-order valence-electron chi connectivity index (χ1n) is 4.70. The molecule has 0 saturated heterocycles. The summed E-state index contributed by atoms with van der Waals surface area (Å²) in [6.07, 6.45) is 4.52. The van der Waals surface area contributed by atoms with Gasteiger partial charge in [0.25, 0.3) is 0 Å². The average molecular weight is 155 g/mol. The first-order valence-corrected chi connectivity index (χ1v) is 4.70. The van der Waals surface area contributed by atoms with Gasteiger partial charge in [0.2, 0.25) is 0 Å². The van der Waals surface area contributed by atoms with Crippen LogP contribution in [-0.4, -0.2) is 12.8 Å². The van der Waals surface area contributed by atoms with Crippen LogP contribution >= 0.6 is 0 Å². The van der Waals surface area contributed by atoms with Crippen molar-refractivity contribution in [2.75, 3.05) is 6.54 Å². The van der Waals surface area contributed by atoms with Crippen molar-refractivity contribution in [3.63, 3.8) is 0 Å². The highest BCUT2D eigenvalue weighted by molar-refractivity contribution is 5.59. The first-order chi connectivity index (χ1) is 5.20. The lowest BCUT2D eigenvalue weighted by Crippen LogP contribution is -1.99. The van der Waals surface area contributed by atoms with Crippen molar-refractivity contribution in [2.45, 2.75) is 40.5 Å². The molecular formula is C10H21N. The second-order valence-corrected chi connectivity index (χ2v) is 3.41. The molecule has 1 nitrogen and oxygen atoms in total. The zero-order valence-electron chi connectivity index (χ0n) is 8.30. The largest absolute Gasteiger partial charge is 0.297 e. The first kappa shape index (κ1) is 10.7. The van der Waals surface area contributed by atoms with Crippen molar-refractivity contribution >= 4 is 6.21 Å². The normalized spacial score (nSPS) is 17.1. The zero-order valence-corrected chi connectivity index (χ0v) is 8.30. The van der Waals surface area contributed by atoms with Crippen LogP contribution in [0, 0.1) is 11.8 Å². The molecule has 0 aromatic heterocycles.